The van der Waals surface area contributed by atoms with E-state index in [1.54, 1.807) is 4.90 Å². The van der Waals surface area contributed by atoms with Crippen LogP contribution in [0.25, 0.3) is 0 Å². The Hall–Kier alpha value is -2.12. The van der Waals surface area contributed by atoms with Crippen molar-refractivity contribution in [2.45, 2.75) is 24.8 Å². The van der Waals surface area contributed by atoms with Gasteiger partial charge in [-0.25, -0.2) is 19.2 Å². The van der Waals surface area contributed by atoms with E-state index in [1.807, 2.05) is 10.9 Å². The maximum Gasteiger partial charge on any atom is 0.328 e. The summed E-state index contributed by atoms with van der Waals surface area (Å²) in [5.74, 6) is 0.592. The lowest BCUT2D eigenvalue weighted by Crippen LogP contribution is -2.56. The first-order chi connectivity index (χ1) is 9.72. The molecule has 3 heterocycles. The van der Waals surface area contributed by atoms with E-state index in [2.05, 4.69) is 15.6 Å². The number of nitrogens with zero attached hydrogens (tertiary/aromatic N) is 5. The average Bonchev–Trinajstić information content (AvgIpc) is 2.96. The number of carbonyl (C=O) groups excluding carboxylic acids is 2. The Morgan fingerprint density at radius 3 is 2.80 bits per heavy atom. The van der Waals surface area contributed by atoms with Crippen LogP contribution < -0.4 is 5.32 Å². The van der Waals surface area contributed by atoms with Crippen LogP contribution in [0.1, 0.15) is 30.5 Å². The van der Waals surface area contributed by atoms with Crippen molar-refractivity contribution in [3.05, 3.63) is 11.9 Å². The van der Waals surface area contributed by atoms with Crippen LogP contribution in [0.2, 0.25) is 0 Å². The van der Waals surface area contributed by atoms with E-state index in [4.69, 9.17) is 0 Å². The SMILES string of the molecule is O=C1NCCN1C(=O)N1CC(n2cc(C3CC3)nn2)C1. The highest BCUT2D eigenvalue weighted by Gasteiger charge is 2.39. The Balaban J connectivity index is 1.36. The summed E-state index contributed by atoms with van der Waals surface area (Å²) in [5.41, 5.74) is 1.06. The number of amides is 4. The zero-order chi connectivity index (χ0) is 13.7. The predicted molar refractivity (Wildman–Crippen MR) is 68.1 cm³/mol. The molecule has 1 saturated carbocycles. The van der Waals surface area contributed by atoms with Gasteiger partial charge in [-0.2, -0.15) is 0 Å². The van der Waals surface area contributed by atoms with Gasteiger partial charge in [0, 0.05) is 38.3 Å². The zero-order valence-corrected chi connectivity index (χ0v) is 11.0. The molecule has 0 spiro atoms. The highest BCUT2D eigenvalue weighted by atomic mass is 16.2. The lowest BCUT2D eigenvalue weighted by atomic mass is 10.1. The van der Waals surface area contributed by atoms with Gasteiger partial charge in [0.1, 0.15) is 0 Å². The Morgan fingerprint density at radius 2 is 2.15 bits per heavy atom. The van der Waals surface area contributed by atoms with E-state index in [0.717, 1.165) is 5.69 Å². The smallest absolute Gasteiger partial charge is 0.328 e. The molecule has 1 aliphatic carbocycles. The van der Waals surface area contributed by atoms with E-state index in [9.17, 15) is 9.59 Å². The van der Waals surface area contributed by atoms with E-state index < -0.39 is 0 Å². The van der Waals surface area contributed by atoms with Gasteiger partial charge in [0.25, 0.3) is 0 Å². The average molecular weight is 276 g/mol. The van der Waals surface area contributed by atoms with Crippen molar-refractivity contribution in [1.29, 1.82) is 0 Å². The van der Waals surface area contributed by atoms with Gasteiger partial charge < -0.3 is 10.2 Å². The van der Waals surface area contributed by atoms with Crippen LogP contribution in [0.15, 0.2) is 6.20 Å². The number of hydrogen-bond donors (Lipinski definition) is 1. The van der Waals surface area contributed by atoms with Crippen LogP contribution in [0.5, 0.6) is 0 Å². The van der Waals surface area contributed by atoms with Crippen LogP contribution in [-0.2, 0) is 0 Å². The van der Waals surface area contributed by atoms with Gasteiger partial charge >= 0.3 is 12.1 Å². The number of aromatic nitrogens is 3. The Bertz CT molecular complexity index is 560. The maximum atomic E-state index is 12.1. The van der Waals surface area contributed by atoms with Gasteiger partial charge in [0.05, 0.1) is 11.7 Å². The fourth-order valence-corrected chi connectivity index (χ4v) is 2.64. The van der Waals surface area contributed by atoms with Gasteiger partial charge in [-0.05, 0) is 12.8 Å². The molecule has 4 rings (SSSR count). The van der Waals surface area contributed by atoms with E-state index in [0.29, 0.717) is 32.1 Å². The molecule has 2 aliphatic heterocycles. The fourth-order valence-electron chi connectivity index (χ4n) is 2.64. The molecule has 1 N–H and O–H groups in total. The van der Waals surface area contributed by atoms with E-state index in [-0.39, 0.29) is 18.1 Å². The van der Waals surface area contributed by atoms with Crippen molar-refractivity contribution < 1.29 is 9.59 Å². The summed E-state index contributed by atoms with van der Waals surface area (Å²) in [4.78, 5) is 26.5. The minimum absolute atomic E-state index is 0.185. The summed E-state index contributed by atoms with van der Waals surface area (Å²) in [5, 5.41) is 10.9. The Labute approximate surface area is 115 Å². The Morgan fingerprint density at radius 1 is 1.35 bits per heavy atom. The monoisotopic (exact) mass is 276 g/mol. The Kier molecular flexibility index (Phi) is 2.45. The van der Waals surface area contributed by atoms with Crippen LogP contribution in [0.3, 0.4) is 0 Å². The topological polar surface area (TPSA) is 83.4 Å². The zero-order valence-electron chi connectivity index (χ0n) is 11.0. The highest BCUT2D eigenvalue weighted by molar-refractivity contribution is 5.95. The summed E-state index contributed by atoms with van der Waals surface area (Å²) < 4.78 is 1.85. The molecule has 0 atom stereocenters. The first kappa shape index (κ1) is 11.7. The molecule has 0 unspecified atom stereocenters. The molecule has 0 bridgehead atoms. The molecule has 1 aromatic rings. The largest absolute Gasteiger partial charge is 0.336 e. The summed E-state index contributed by atoms with van der Waals surface area (Å²) in [6, 6.07) is -0.321. The molecule has 2 saturated heterocycles. The fraction of sp³-hybridized carbons (Fsp3) is 0.667. The van der Waals surface area contributed by atoms with Gasteiger partial charge in [-0.1, -0.05) is 5.21 Å². The third-order valence-electron chi connectivity index (χ3n) is 4.12. The molecule has 0 radical (unpaired) electrons. The molecule has 1 aromatic heterocycles. The highest BCUT2D eigenvalue weighted by Crippen LogP contribution is 2.39. The summed E-state index contributed by atoms with van der Waals surface area (Å²) in [6.45, 7) is 2.18. The minimum Gasteiger partial charge on any atom is -0.336 e. The number of hydrogen-bond acceptors (Lipinski definition) is 4. The summed E-state index contributed by atoms with van der Waals surface area (Å²) in [6.07, 6.45) is 4.41. The molecule has 3 fully saturated rings. The first-order valence-electron chi connectivity index (χ1n) is 6.98. The standard InChI is InChI=1S/C12H16N6O2/c19-11-13-3-4-17(11)12(20)16-5-9(6-16)18-7-10(14-15-18)8-1-2-8/h7-9H,1-6H2,(H,13,19). The molecule has 8 heteroatoms. The molecular weight excluding hydrogens is 260 g/mol. The molecule has 4 amide bonds. The quantitative estimate of drug-likeness (QED) is 0.834. The molecule has 0 aromatic carbocycles. The second-order valence-electron chi connectivity index (χ2n) is 5.62. The minimum atomic E-state index is -0.296. The number of nitrogens with one attached hydrogen (secondary N) is 1. The molecular formula is C12H16N6O2. The van der Waals surface area contributed by atoms with Crippen molar-refractivity contribution in [2.24, 2.45) is 0 Å². The predicted octanol–water partition coefficient (Wildman–Crippen LogP) is 0.157. The van der Waals surface area contributed by atoms with E-state index in [1.165, 1.54) is 17.7 Å². The molecule has 3 aliphatic rings. The lowest BCUT2D eigenvalue weighted by Gasteiger charge is -2.39. The number of imide groups is 1. The molecule has 106 valence electrons. The van der Waals surface area contributed by atoms with Crippen molar-refractivity contribution in [2.75, 3.05) is 26.2 Å². The molecule has 8 nitrogen and oxygen atoms in total. The molecule has 20 heavy (non-hydrogen) atoms. The van der Waals surface area contributed by atoms with Gasteiger partial charge in [0.2, 0.25) is 0 Å². The van der Waals surface area contributed by atoms with Crippen molar-refractivity contribution in [1.82, 2.24) is 30.1 Å². The second-order valence-corrected chi connectivity index (χ2v) is 5.62. The van der Waals surface area contributed by atoms with Gasteiger partial charge in [-0.3, -0.25) is 0 Å². The normalized spacial score (nSPS) is 22.9. The van der Waals surface area contributed by atoms with Crippen molar-refractivity contribution in [3.63, 3.8) is 0 Å². The van der Waals surface area contributed by atoms with Crippen LogP contribution in [-0.4, -0.2) is 63.0 Å². The summed E-state index contributed by atoms with van der Waals surface area (Å²) >= 11 is 0. The van der Waals surface area contributed by atoms with Crippen LogP contribution in [0, 0.1) is 0 Å². The van der Waals surface area contributed by atoms with Gasteiger partial charge in [-0.15, -0.1) is 5.10 Å². The van der Waals surface area contributed by atoms with E-state index >= 15 is 0 Å². The number of carbonyl (C=O) groups is 2. The third-order valence-corrected chi connectivity index (χ3v) is 4.12. The first-order valence-corrected chi connectivity index (χ1v) is 6.98. The lowest BCUT2D eigenvalue weighted by molar-refractivity contribution is 0.0987. The summed E-state index contributed by atoms with van der Waals surface area (Å²) in [7, 11) is 0. The van der Waals surface area contributed by atoms with Crippen LogP contribution in [0.4, 0.5) is 9.59 Å². The second kappa shape index (κ2) is 4.19. The van der Waals surface area contributed by atoms with Crippen molar-refractivity contribution in [3.8, 4) is 0 Å². The number of urea groups is 2. The number of rotatable bonds is 2. The maximum absolute atomic E-state index is 12.1. The third kappa shape index (κ3) is 1.83. The van der Waals surface area contributed by atoms with Crippen molar-refractivity contribution >= 4 is 12.1 Å². The van der Waals surface area contributed by atoms with Gasteiger partial charge in [0.15, 0.2) is 0 Å². The number of likely N-dealkylation sites (tertiary alicyclic amines) is 1. The van der Waals surface area contributed by atoms with Crippen LogP contribution >= 0.6 is 0 Å².